The molecule has 1 fully saturated rings. The zero-order chi connectivity index (χ0) is 24.6. The number of nitrogens with zero attached hydrogens (tertiary/aromatic N) is 5. The van der Waals surface area contributed by atoms with Crippen molar-refractivity contribution in [2.75, 3.05) is 25.9 Å². The molecule has 0 spiro atoms. The van der Waals surface area contributed by atoms with Crippen molar-refractivity contribution >= 4 is 16.0 Å². The van der Waals surface area contributed by atoms with Gasteiger partial charge in [0.2, 0.25) is 5.91 Å². The third-order valence-electron chi connectivity index (χ3n) is 5.96. The molecule has 180 valence electrons. The molecule has 0 saturated carbocycles. The predicted molar refractivity (Wildman–Crippen MR) is 125 cm³/mol. The van der Waals surface area contributed by atoms with Crippen LogP contribution >= 0.6 is 0 Å². The summed E-state index contributed by atoms with van der Waals surface area (Å²) < 4.78 is 36.9. The molecule has 0 aliphatic carbocycles. The number of aromatic nitrogens is 2. The highest BCUT2D eigenvalue weighted by molar-refractivity contribution is 7.86. The molecule has 1 saturated heterocycles. The number of nitriles is 1. The second kappa shape index (κ2) is 9.05. The second-order valence-corrected chi connectivity index (χ2v) is 10.2. The van der Waals surface area contributed by atoms with Crippen LogP contribution in [0.3, 0.4) is 0 Å². The summed E-state index contributed by atoms with van der Waals surface area (Å²) in [4.78, 5) is 21.0. The summed E-state index contributed by atoms with van der Waals surface area (Å²) in [6.45, 7) is 2.64. The molecule has 3 aliphatic heterocycles. The molecule has 1 amide bonds. The van der Waals surface area contributed by atoms with Gasteiger partial charge in [0.15, 0.2) is 0 Å². The van der Waals surface area contributed by atoms with E-state index in [1.165, 1.54) is 6.07 Å². The zero-order valence-electron chi connectivity index (χ0n) is 19.0. The topological polar surface area (TPSA) is 118 Å². The Bertz CT molecular complexity index is 1440. The maximum absolute atomic E-state index is 13.0. The first-order valence-electron chi connectivity index (χ1n) is 11.0. The van der Waals surface area contributed by atoms with Crippen LogP contribution in [0.25, 0.3) is 0 Å². The minimum atomic E-state index is -3.78. The molecule has 1 aromatic heterocycles. The predicted octanol–water partition coefficient (Wildman–Crippen LogP) is 2.09. The number of carbonyl (C=O) groups is 1. The van der Waals surface area contributed by atoms with Gasteiger partial charge in [-0.3, -0.25) is 9.69 Å². The molecule has 10 nitrogen and oxygen atoms in total. The van der Waals surface area contributed by atoms with E-state index in [1.54, 1.807) is 35.6 Å². The van der Waals surface area contributed by atoms with Crippen molar-refractivity contribution in [1.82, 2.24) is 19.4 Å². The third kappa shape index (κ3) is 5.13. The number of ether oxygens (including phenoxy) is 1. The van der Waals surface area contributed by atoms with Gasteiger partial charge in [0, 0.05) is 44.5 Å². The number of benzene rings is 2. The molecule has 1 atom stereocenters. The zero-order valence-corrected chi connectivity index (χ0v) is 19.9. The number of rotatable bonds is 2. The largest absolute Gasteiger partial charge is 0.456 e. The maximum Gasteiger partial charge on any atom is 0.306 e. The molecule has 0 radical (unpaired) electrons. The molecule has 4 heterocycles. The molecule has 6 bridgehead atoms. The molecule has 1 unspecified atom stereocenters. The van der Waals surface area contributed by atoms with Crippen LogP contribution in [-0.2, 0) is 34.5 Å². The monoisotopic (exact) mass is 493 g/mol. The number of carbonyl (C=O) groups excluding carboxylic acids is 1. The molecule has 6 rings (SSSR count). The second-order valence-electron chi connectivity index (χ2n) is 8.64. The van der Waals surface area contributed by atoms with Crippen LogP contribution in [0.2, 0.25) is 0 Å². The highest BCUT2D eigenvalue weighted by atomic mass is 32.2. The lowest BCUT2D eigenvalue weighted by Gasteiger charge is -2.34. The summed E-state index contributed by atoms with van der Waals surface area (Å²) in [6.07, 6.45) is 4.52. The summed E-state index contributed by atoms with van der Waals surface area (Å²) in [5.41, 5.74) is 2.75. The average Bonchev–Trinajstić information content (AvgIpc) is 3.22. The van der Waals surface area contributed by atoms with Gasteiger partial charge < -0.3 is 18.4 Å². The van der Waals surface area contributed by atoms with Crippen LogP contribution in [0, 0.1) is 11.3 Å². The van der Waals surface area contributed by atoms with Gasteiger partial charge in [-0.15, -0.1) is 0 Å². The number of fused-ring (bicyclic) bond motifs is 2. The van der Waals surface area contributed by atoms with E-state index in [0.29, 0.717) is 48.8 Å². The molecular formula is C24H23N5O5S. The Morgan fingerprint density at radius 3 is 2.71 bits per heavy atom. The van der Waals surface area contributed by atoms with Crippen molar-refractivity contribution in [3.8, 4) is 23.3 Å². The van der Waals surface area contributed by atoms with Crippen LogP contribution < -0.4 is 8.92 Å². The first kappa shape index (κ1) is 22.9. The third-order valence-corrected chi connectivity index (χ3v) is 6.45. The minimum absolute atomic E-state index is 0.0666. The molecule has 11 heteroatoms. The highest BCUT2D eigenvalue weighted by Gasteiger charge is 2.26. The fourth-order valence-electron chi connectivity index (χ4n) is 4.27. The van der Waals surface area contributed by atoms with E-state index in [1.807, 2.05) is 16.7 Å². The Hall–Kier alpha value is -3.88. The van der Waals surface area contributed by atoms with Gasteiger partial charge in [-0.1, -0.05) is 6.07 Å². The Balaban J connectivity index is 1.60. The Morgan fingerprint density at radius 1 is 1.09 bits per heavy atom. The number of hydrogen-bond donors (Lipinski definition) is 0. The SMILES string of the molecule is CS(=O)(=O)Oc1ccc2cc1CN1CCN(CC1=O)Cc1cncn1Cc1ccc(C#N)c(c1)O2. The minimum Gasteiger partial charge on any atom is -0.456 e. The summed E-state index contributed by atoms with van der Waals surface area (Å²) in [5.74, 6) is 0.844. The summed E-state index contributed by atoms with van der Waals surface area (Å²) in [7, 11) is -3.78. The van der Waals surface area contributed by atoms with Crippen molar-refractivity contribution in [3.63, 3.8) is 0 Å². The fraction of sp³-hybridized carbons (Fsp3) is 0.292. The van der Waals surface area contributed by atoms with Gasteiger partial charge in [0.05, 0.1) is 30.4 Å². The first-order valence-corrected chi connectivity index (χ1v) is 12.8. The van der Waals surface area contributed by atoms with E-state index < -0.39 is 10.1 Å². The van der Waals surface area contributed by atoms with Gasteiger partial charge in [-0.05, 0) is 35.9 Å². The smallest absolute Gasteiger partial charge is 0.306 e. The van der Waals surface area contributed by atoms with Gasteiger partial charge in [0.25, 0.3) is 0 Å². The summed E-state index contributed by atoms with van der Waals surface area (Å²) in [6, 6.07) is 12.3. The van der Waals surface area contributed by atoms with E-state index in [4.69, 9.17) is 8.92 Å². The standard InChI is InChI=1S/C24H23N5O5S/c1-35(31,32)34-22-5-4-21-9-19(22)13-28-7-6-27(15-24(28)30)14-20-11-26-16-29(20)12-17-2-3-18(10-25)23(8-17)33-21/h2-5,8-9,11,16H,6-7,12-15H2,1H3. The normalized spacial score (nSPS) is 17.9. The van der Waals surface area contributed by atoms with Crippen LogP contribution in [0.5, 0.6) is 17.2 Å². The number of imidazole rings is 1. The lowest BCUT2D eigenvalue weighted by Crippen LogP contribution is -2.49. The van der Waals surface area contributed by atoms with Crippen LogP contribution in [0.15, 0.2) is 48.9 Å². The van der Waals surface area contributed by atoms with E-state index in [9.17, 15) is 18.5 Å². The van der Waals surface area contributed by atoms with Crippen molar-refractivity contribution in [1.29, 1.82) is 5.26 Å². The van der Waals surface area contributed by atoms with Gasteiger partial charge in [-0.25, -0.2) is 4.98 Å². The molecule has 0 N–H and O–H groups in total. The highest BCUT2D eigenvalue weighted by Crippen LogP contribution is 2.32. The van der Waals surface area contributed by atoms with E-state index >= 15 is 0 Å². The maximum atomic E-state index is 13.0. The van der Waals surface area contributed by atoms with Gasteiger partial charge in [-0.2, -0.15) is 13.7 Å². The van der Waals surface area contributed by atoms with Crippen LogP contribution in [-0.4, -0.2) is 59.6 Å². The van der Waals surface area contributed by atoms with Crippen molar-refractivity contribution < 1.29 is 22.1 Å². The molecule has 3 aliphatic rings. The Morgan fingerprint density at radius 2 is 1.94 bits per heavy atom. The Kier molecular flexibility index (Phi) is 5.92. The van der Waals surface area contributed by atoms with Gasteiger partial charge in [0.1, 0.15) is 23.3 Å². The van der Waals surface area contributed by atoms with E-state index in [-0.39, 0.29) is 24.7 Å². The lowest BCUT2D eigenvalue weighted by atomic mass is 10.1. The van der Waals surface area contributed by atoms with Crippen molar-refractivity contribution in [3.05, 3.63) is 71.3 Å². The van der Waals surface area contributed by atoms with Crippen LogP contribution in [0.1, 0.15) is 22.4 Å². The van der Waals surface area contributed by atoms with Crippen molar-refractivity contribution in [2.24, 2.45) is 0 Å². The fourth-order valence-corrected chi connectivity index (χ4v) is 4.76. The molecule has 35 heavy (non-hydrogen) atoms. The quantitative estimate of drug-likeness (QED) is 0.498. The summed E-state index contributed by atoms with van der Waals surface area (Å²) >= 11 is 0. The number of amides is 1. The van der Waals surface area contributed by atoms with E-state index in [2.05, 4.69) is 16.0 Å². The number of piperazine rings is 1. The molecular weight excluding hydrogens is 470 g/mol. The van der Waals surface area contributed by atoms with Crippen LogP contribution in [0.4, 0.5) is 0 Å². The first-order chi connectivity index (χ1) is 16.8. The lowest BCUT2D eigenvalue weighted by molar-refractivity contribution is -0.136. The summed E-state index contributed by atoms with van der Waals surface area (Å²) in [5, 5.41) is 9.60. The molecule has 2 aromatic carbocycles. The van der Waals surface area contributed by atoms with Gasteiger partial charge >= 0.3 is 10.1 Å². The average molecular weight is 494 g/mol. The number of hydrogen-bond acceptors (Lipinski definition) is 8. The Labute approximate surface area is 203 Å². The molecule has 3 aromatic rings. The van der Waals surface area contributed by atoms with Crippen molar-refractivity contribution in [2.45, 2.75) is 19.6 Å². The van der Waals surface area contributed by atoms with E-state index in [0.717, 1.165) is 17.5 Å².